The first-order valence-electron chi connectivity index (χ1n) is 7.82. The Morgan fingerprint density at radius 1 is 0.957 bits per heavy atom. The van der Waals surface area contributed by atoms with Crippen molar-refractivity contribution in [1.29, 1.82) is 0 Å². The maximum Gasteiger partial charge on any atom is 0.435 e. The predicted octanol–water partition coefficient (Wildman–Crippen LogP) is 4.36. The van der Waals surface area contributed by atoms with Crippen LogP contribution in [0, 0.1) is 0 Å². The van der Waals surface area contributed by atoms with Gasteiger partial charge < -0.3 is 4.74 Å². The molecule has 0 radical (unpaired) electrons. The van der Waals surface area contributed by atoms with E-state index in [0.29, 0.717) is 0 Å². The van der Waals surface area contributed by atoms with E-state index >= 15 is 0 Å². The second-order valence-corrected chi connectivity index (χ2v) is 6.95. The summed E-state index contributed by atoms with van der Waals surface area (Å²) in [7, 11) is 0. The third-order valence-corrected chi connectivity index (χ3v) is 4.17. The Labute approximate surface area is 135 Å². The first-order valence-corrected chi connectivity index (χ1v) is 7.82. The standard InChI is InChI=1S/C19H19NO3/c1-19(2,3)22-18(21)20-16-12-8-4-6-10-14(12)17(23-20)15-11-7-5-9-13(15)16/h4-11,16-17H,1-3H3. The van der Waals surface area contributed by atoms with E-state index in [4.69, 9.17) is 9.57 Å². The monoisotopic (exact) mass is 309 g/mol. The number of carbonyl (C=O) groups is 1. The molecule has 3 aliphatic rings. The SMILES string of the molecule is CC(C)(C)OC(=O)N1OC2c3ccccc3C1c1ccccc12. The Morgan fingerprint density at radius 2 is 1.43 bits per heavy atom. The van der Waals surface area contributed by atoms with Crippen molar-refractivity contribution >= 4 is 6.09 Å². The van der Waals surface area contributed by atoms with Gasteiger partial charge in [0.2, 0.25) is 0 Å². The summed E-state index contributed by atoms with van der Waals surface area (Å²) in [6.07, 6.45) is -0.712. The first-order chi connectivity index (χ1) is 11.0. The number of hydrogen-bond donors (Lipinski definition) is 0. The van der Waals surface area contributed by atoms with Crippen molar-refractivity contribution in [3.05, 3.63) is 70.8 Å². The minimum Gasteiger partial charge on any atom is -0.442 e. The molecule has 0 atom stereocenters. The molecule has 0 saturated heterocycles. The van der Waals surface area contributed by atoms with Crippen LogP contribution in [0.1, 0.15) is 55.2 Å². The van der Waals surface area contributed by atoms with Crippen molar-refractivity contribution in [2.24, 2.45) is 0 Å². The van der Waals surface area contributed by atoms with Crippen molar-refractivity contribution in [1.82, 2.24) is 5.06 Å². The summed E-state index contributed by atoms with van der Waals surface area (Å²) in [4.78, 5) is 18.6. The molecule has 0 saturated carbocycles. The summed E-state index contributed by atoms with van der Waals surface area (Å²) in [5, 5.41) is 1.39. The number of hydroxylamine groups is 2. The van der Waals surface area contributed by atoms with Crippen LogP contribution in [-0.2, 0) is 9.57 Å². The van der Waals surface area contributed by atoms with E-state index in [1.165, 1.54) is 5.06 Å². The molecule has 23 heavy (non-hydrogen) atoms. The van der Waals surface area contributed by atoms with Crippen LogP contribution in [-0.4, -0.2) is 16.8 Å². The molecule has 2 bridgehead atoms. The normalized spacial score (nSPS) is 21.6. The largest absolute Gasteiger partial charge is 0.442 e. The molecule has 2 aliphatic heterocycles. The van der Waals surface area contributed by atoms with Crippen molar-refractivity contribution in [3.63, 3.8) is 0 Å². The summed E-state index contributed by atoms with van der Waals surface area (Å²) in [5.74, 6) is 0. The van der Waals surface area contributed by atoms with Gasteiger partial charge in [-0.25, -0.2) is 4.79 Å². The highest BCUT2D eigenvalue weighted by Gasteiger charge is 2.46. The van der Waals surface area contributed by atoms with Gasteiger partial charge in [0.15, 0.2) is 0 Å². The summed E-state index contributed by atoms with van der Waals surface area (Å²) in [6, 6.07) is 16.0. The number of amides is 1. The maximum absolute atomic E-state index is 12.6. The minimum absolute atomic E-state index is 0.262. The van der Waals surface area contributed by atoms with Gasteiger partial charge >= 0.3 is 6.09 Å². The van der Waals surface area contributed by atoms with Gasteiger partial charge in [0.25, 0.3) is 0 Å². The topological polar surface area (TPSA) is 38.8 Å². The van der Waals surface area contributed by atoms with Gasteiger partial charge in [0.1, 0.15) is 17.7 Å². The Bertz CT molecular complexity index is 731. The number of carbonyl (C=O) groups excluding carboxylic acids is 1. The van der Waals surface area contributed by atoms with Gasteiger partial charge in [-0.05, 0) is 43.0 Å². The summed E-state index contributed by atoms with van der Waals surface area (Å²) in [5.41, 5.74) is 3.89. The maximum atomic E-state index is 12.6. The molecule has 0 spiro atoms. The minimum atomic E-state index is -0.559. The van der Waals surface area contributed by atoms with E-state index in [2.05, 4.69) is 24.3 Å². The molecule has 4 heteroatoms. The molecule has 118 valence electrons. The smallest absolute Gasteiger partial charge is 0.435 e. The fraction of sp³-hybridized carbons (Fsp3) is 0.316. The number of fused-ring (bicyclic) bond motifs is 1. The van der Waals surface area contributed by atoms with E-state index in [0.717, 1.165) is 22.3 Å². The van der Waals surface area contributed by atoms with E-state index in [1.54, 1.807) is 0 Å². The van der Waals surface area contributed by atoms with Crippen molar-refractivity contribution in [3.8, 4) is 0 Å². The molecular weight excluding hydrogens is 290 g/mol. The molecule has 0 fully saturated rings. The number of rotatable bonds is 0. The molecule has 2 aromatic carbocycles. The average Bonchev–Trinajstić information content (AvgIpc) is 2.53. The number of benzene rings is 2. The van der Waals surface area contributed by atoms with Gasteiger partial charge in [-0.1, -0.05) is 48.5 Å². The van der Waals surface area contributed by atoms with Crippen LogP contribution < -0.4 is 0 Å². The molecule has 2 aromatic rings. The zero-order valence-electron chi connectivity index (χ0n) is 13.4. The molecule has 5 rings (SSSR count). The van der Waals surface area contributed by atoms with Crippen molar-refractivity contribution in [2.45, 2.75) is 38.5 Å². The van der Waals surface area contributed by atoms with Crippen LogP contribution in [0.25, 0.3) is 0 Å². The van der Waals surface area contributed by atoms with Gasteiger partial charge in [0, 0.05) is 0 Å². The number of nitrogens with zero attached hydrogens (tertiary/aromatic N) is 1. The second-order valence-electron chi connectivity index (χ2n) is 6.95. The molecule has 0 unspecified atom stereocenters. The lowest BCUT2D eigenvalue weighted by molar-refractivity contribution is -0.210. The predicted molar refractivity (Wildman–Crippen MR) is 85.7 cm³/mol. The third kappa shape index (κ3) is 2.21. The van der Waals surface area contributed by atoms with Crippen LogP contribution in [0.2, 0.25) is 0 Å². The lowest BCUT2D eigenvalue weighted by Crippen LogP contribution is -2.47. The third-order valence-electron chi connectivity index (χ3n) is 4.17. The van der Waals surface area contributed by atoms with E-state index in [1.807, 2.05) is 45.0 Å². The van der Waals surface area contributed by atoms with Gasteiger partial charge in [-0.15, -0.1) is 0 Å². The highest BCUT2D eigenvalue weighted by atomic mass is 16.7. The van der Waals surface area contributed by atoms with E-state index in [-0.39, 0.29) is 12.1 Å². The molecule has 4 nitrogen and oxygen atoms in total. The van der Waals surface area contributed by atoms with Crippen LogP contribution in [0.3, 0.4) is 0 Å². The lowest BCUT2D eigenvalue weighted by Gasteiger charge is -2.46. The highest BCUT2D eigenvalue weighted by molar-refractivity contribution is 5.70. The first kappa shape index (κ1) is 14.3. The zero-order chi connectivity index (χ0) is 16.2. The Hall–Kier alpha value is -2.33. The van der Waals surface area contributed by atoms with Gasteiger partial charge in [0.05, 0.1) is 0 Å². The number of ether oxygens (including phenoxy) is 1. The summed E-state index contributed by atoms with van der Waals surface area (Å²) in [6.45, 7) is 5.57. The number of hydrogen-bond acceptors (Lipinski definition) is 3. The fourth-order valence-electron chi connectivity index (χ4n) is 3.33. The molecule has 0 aromatic heterocycles. The Balaban J connectivity index is 1.81. The molecule has 0 N–H and O–H groups in total. The van der Waals surface area contributed by atoms with Crippen LogP contribution in [0.5, 0.6) is 0 Å². The quantitative estimate of drug-likeness (QED) is 0.725. The Morgan fingerprint density at radius 3 is 1.91 bits per heavy atom. The van der Waals surface area contributed by atoms with Crippen molar-refractivity contribution < 1.29 is 14.4 Å². The van der Waals surface area contributed by atoms with E-state index in [9.17, 15) is 4.79 Å². The average molecular weight is 309 g/mol. The van der Waals surface area contributed by atoms with Crippen LogP contribution in [0.15, 0.2) is 48.5 Å². The summed E-state index contributed by atoms with van der Waals surface area (Å²) >= 11 is 0. The van der Waals surface area contributed by atoms with E-state index < -0.39 is 11.7 Å². The Kier molecular flexibility index (Phi) is 3.00. The second kappa shape index (κ2) is 4.83. The van der Waals surface area contributed by atoms with Crippen molar-refractivity contribution in [2.75, 3.05) is 0 Å². The van der Waals surface area contributed by atoms with Crippen LogP contribution >= 0.6 is 0 Å². The zero-order valence-corrected chi connectivity index (χ0v) is 13.4. The van der Waals surface area contributed by atoms with Crippen LogP contribution in [0.4, 0.5) is 4.79 Å². The molecule has 1 aliphatic carbocycles. The van der Waals surface area contributed by atoms with Gasteiger partial charge in [-0.3, -0.25) is 4.84 Å². The fourth-order valence-corrected chi connectivity index (χ4v) is 3.33. The lowest BCUT2D eigenvalue weighted by atomic mass is 9.79. The molecule has 2 heterocycles. The highest BCUT2D eigenvalue weighted by Crippen LogP contribution is 2.51. The molecule has 1 amide bonds. The summed E-state index contributed by atoms with van der Waals surface area (Å²) < 4.78 is 5.52. The molecular formula is C19H19NO3. The van der Waals surface area contributed by atoms with Gasteiger partial charge in [-0.2, -0.15) is 5.06 Å².